The lowest BCUT2D eigenvalue weighted by atomic mass is 9.98. The van der Waals surface area contributed by atoms with Crippen LogP contribution in [0.5, 0.6) is 0 Å². The summed E-state index contributed by atoms with van der Waals surface area (Å²) in [6.45, 7) is 1.81. The predicted octanol–water partition coefficient (Wildman–Crippen LogP) is 1.53. The third-order valence-electron chi connectivity index (χ3n) is 3.34. The van der Waals surface area contributed by atoms with Crippen LogP contribution in [0.2, 0.25) is 5.02 Å². The Hall–Kier alpha value is -2.08. The molecule has 1 amide bonds. The Labute approximate surface area is 127 Å². The Morgan fingerprint density at radius 1 is 1.52 bits per heavy atom. The summed E-state index contributed by atoms with van der Waals surface area (Å²) in [4.78, 5) is 25.2. The highest BCUT2D eigenvalue weighted by Gasteiger charge is 2.47. The maximum Gasteiger partial charge on any atom is 0.308 e. The van der Waals surface area contributed by atoms with E-state index in [9.17, 15) is 9.59 Å². The monoisotopic (exact) mass is 309 g/mol. The van der Waals surface area contributed by atoms with Gasteiger partial charge in [0.2, 0.25) is 0 Å². The molecule has 0 saturated carbocycles. The molecule has 0 bridgehead atoms. The normalized spacial score (nSPS) is 21.4. The summed E-state index contributed by atoms with van der Waals surface area (Å²) in [7, 11) is 1.26. The van der Waals surface area contributed by atoms with Crippen molar-refractivity contribution in [1.82, 2.24) is 10.2 Å². The summed E-state index contributed by atoms with van der Waals surface area (Å²) in [5.74, 6) is -0.875. The molecule has 1 saturated heterocycles. The molecule has 1 unspecified atom stereocenters. The molecule has 1 aromatic rings. The molecule has 0 aromatic heterocycles. The van der Waals surface area contributed by atoms with Crippen LogP contribution in [0.3, 0.4) is 0 Å². The molecule has 1 fully saturated rings. The van der Waals surface area contributed by atoms with E-state index in [1.54, 1.807) is 25.1 Å². The Morgan fingerprint density at radius 3 is 2.86 bits per heavy atom. The lowest BCUT2D eigenvalue weighted by Gasteiger charge is -2.20. The molecular weight excluding hydrogens is 294 g/mol. The summed E-state index contributed by atoms with van der Waals surface area (Å²) in [5.41, 5.74) is -0.340. The second kappa shape index (κ2) is 5.73. The highest BCUT2D eigenvalue weighted by molar-refractivity contribution is 6.30. The van der Waals surface area contributed by atoms with Gasteiger partial charge in [-0.2, -0.15) is 0 Å². The fourth-order valence-corrected chi connectivity index (χ4v) is 2.44. The van der Waals surface area contributed by atoms with Crippen LogP contribution >= 0.6 is 11.6 Å². The number of esters is 1. The fraction of sp³-hybridized carbons (Fsp3) is 0.357. The number of hydrogen-bond donors (Lipinski definition) is 2. The van der Waals surface area contributed by atoms with Crippen molar-refractivity contribution in [3.05, 3.63) is 34.9 Å². The number of guanidine groups is 1. The number of nitrogens with zero attached hydrogens (tertiary/aromatic N) is 1. The van der Waals surface area contributed by atoms with E-state index in [1.807, 2.05) is 6.07 Å². The number of carbonyl (C=O) groups is 2. The Morgan fingerprint density at radius 2 is 2.24 bits per heavy atom. The van der Waals surface area contributed by atoms with Crippen molar-refractivity contribution in [1.29, 1.82) is 5.41 Å². The molecular formula is C14H16ClN3O3. The van der Waals surface area contributed by atoms with E-state index in [2.05, 4.69) is 10.1 Å². The minimum absolute atomic E-state index is 0.0358. The topological polar surface area (TPSA) is 82.5 Å². The van der Waals surface area contributed by atoms with E-state index in [4.69, 9.17) is 17.0 Å². The number of ether oxygens (including phenoxy) is 1. The van der Waals surface area contributed by atoms with Crippen LogP contribution < -0.4 is 5.32 Å². The number of carbonyl (C=O) groups excluding carboxylic acids is 2. The first-order valence-electron chi connectivity index (χ1n) is 6.36. The molecule has 0 radical (unpaired) electrons. The number of amides is 1. The lowest BCUT2D eigenvalue weighted by Crippen LogP contribution is -2.45. The summed E-state index contributed by atoms with van der Waals surface area (Å²) in [5, 5.41) is 11.2. The molecule has 1 aliphatic rings. The summed E-state index contributed by atoms with van der Waals surface area (Å²) >= 11 is 5.91. The van der Waals surface area contributed by atoms with Crippen LogP contribution in [0.1, 0.15) is 18.9 Å². The zero-order valence-corrected chi connectivity index (χ0v) is 12.5. The first-order chi connectivity index (χ1) is 9.85. The molecule has 7 heteroatoms. The van der Waals surface area contributed by atoms with Crippen LogP contribution in [0.15, 0.2) is 24.3 Å². The second-order valence-corrected chi connectivity index (χ2v) is 5.52. The highest BCUT2D eigenvalue weighted by atomic mass is 35.5. The van der Waals surface area contributed by atoms with Crippen LogP contribution in [-0.2, 0) is 20.9 Å². The van der Waals surface area contributed by atoms with E-state index in [-0.39, 0.29) is 24.8 Å². The molecule has 1 aliphatic heterocycles. The SMILES string of the molecule is COC(=O)CC1(C)NC(=N)N(Cc2cccc(Cl)c2)C1=O. The molecule has 112 valence electrons. The second-order valence-electron chi connectivity index (χ2n) is 5.08. The van der Waals surface area contributed by atoms with Gasteiger partial charge in [-0.15, -0.1) is 0 Å². The summed E-state index contributed by atoms with van der Waals surface area (Å²) in [6, 6.07) is 7.07. The maximum atomic E-state index is 12.5. The largest absolute Gasteiger partial charge is 0.469 e. The van der Waals surface area contributed by atoms with Crippen molar-refractivity contribution in [2.45, 2.75) is 25.4 Å². The lowest BCUT2D eigenvalue weighted by molar-refractivity contribution is -0.145. The minimum Gasteiger partial charge on any atom is -0.469 e. The summed E-state index contributed by atoms with van der Waals surface area (Å²) < 4.78 is 4.59. The van der Waals surface area contributed by atoms with Gasteiger partial charge in [0.05, 0.1) is 20.1 Å². The highest BCUT2D eigenvalue weighted by Crippen LogP contribution is 2.23. The fourth-order valence-electron chi connectivity index (χ4n) is 2.23. The van der Waals surface area contributed by atoms with Crippen molar-refractivity contribution < 1.29 is 14.3 Å². The molecule has 2 rings (SSSR count). The van der Waals surface area contributed by atoms with Gasteiger partial charge in [-0.1, -0.05) is 23.7 Å². The third-order valence-corrected chi connectivity index (χ3v) is 3.57. The Balaban J connectivity index is 2.17. The first-order valence-corrected chi connectivity index (χ1v) is 6.73. The van der Waals surface area contributed by atoms with Gasteiger partial charge >= 0.3 is 5.97 Å². The number of methoxy groups -OCH3 is 1. The van der Waals surface area contributed by atoms with Gasteiger partial charge in [0, 0.05) is 5.02 Å². The van der Waals surface area contributed by atoms with Gasteiger partial charge < -0.3 is 10.1 Å². The van der Waals surface area contributed by atoms with Crippen LogP contribution in [0.25, 0.3) is 0 Å². The van der Waals surface area contributed by atoms with Crippen LogP contribution in [-0.4, -0.2) is 35.4 Å². The Kier molecular flexibility index (Phi) is 4.18. The van der Waals surface area contributed by atoms with Crippen molar-refractivity contribution in [2.24, 2.45) is 0 Å². The smallest absolute Gasteiger partial charge is 0.308 e. The third kappa shape index (κ3) is 3.16. The van der Waals surface area contributed by atoms with Gasteiger partial charge in [-0.3, -0.25) is 19.9 Å². The standard InChI is InChI=1S/C14H16ClN3O3/c1-14(7-11(19)21-2)12(20)18(13(16)17-14)8-9-4-3-5-10(15)6-9/h3-6H,7-8H2,1-2H3,(H2,16,17). The van der Waals surface area contributed by atoms with Crippen molar-refractivity contribution in [2.75, 3.05) is 7.11 Å². The van der Waals surface area contributed by atoms with E-state index >= 15 is 0 Å². The van der Waals surface area contributed by atoms with Crippen LogP contribution in [0, 0.1) is 5.41 Å². The number of rotatable bonds is 4. The molecule has 2 N–H and O–H groups in total. The van der Waals surface area contributed by atoms with Gasteiger partial charge in [0.1, 0.15) is 5.54 Å². The Bertz CT molecular complexity index is 605. The van der Waals surface area contributed by atoms with E-state index in [0.717, 1.165) is 5.56 Å². The van der Waals surface area contributed by atoms with E-state index < -0.39 is 11.5 Å². The molecule has 1 heterocycles. The number of halogens is 1. The average Bonchev–Trinajstić information content (AvgIpc) is 2.62. The zero-order chi connectivity index (χ0) is 15.6. The average molecular weight is 310 g/mol. The van der Waals surface area contributed by atoms with Crippen molar-refractivity contribution >= 4 is 29.4 Å². The maximum absolute atomic E-state index is 12.5. The number of hydrogen-bond acceptors (Lipinski definition) is 4. The first kappa shape index (κ1) is 15.3. The minimum atomic E-state index is -1.15. The van der Waals surface area contributed by atoms with Gasteiger partial charge in [0.25, 0.3) is 5.91 Å². The zero-order valence-electron chi connectivity index (χ0n) is 11.8. The molecule has 21 heavy (non-hydrogen) atoms. The van der Waals surface area contributed by atoms with Crippen molar-refractivity contribution in [3.63, 3.8) is 0 Å². The van der Waals surface area contributed by atoms with E-state index in [0.29, 0.717) is 5.02 Å². The molecule has 0 spiro atoms. The van der Waals surface area contributed by atoms with E-state index in [1.165, 1.54) is 12.0 Å². The molecule has 0 aliphatic carbocycles. The summed E-state index contributed by atoms with van der Waals surface area (Å²) in [6.07, 6.45) is -0.128. The molecule has 1 aromatic carbocycles. The van der Waals surface area contributed by atoms with Gasteiger partial charge in [-0.25, -0.2) is 0 Å². The quantitative estimate of drug-likeness (QED) is 0.826. The van der Waals surface area contributed by atoms with Crippen molar-refractivity contribution in [3.8, 4) is 0 Å². The molecule has 1 atom stereocenters. The number of benzene rings is 1. The molecule has 6 nitrogen and oxygen atoms in total. The number of nitrogens with one attached hydrogen (secondary N) is 2. The van der Waals surface area contributed by atoms with Gasteiger partial charge in [-0.05, 0) is 24.6 Å². The predicted molar refractivity (Wildman–Crippen MR) is 77.9 cm³/mol. The van der Waals surface area contributed by atoms with Gasteiger partial charge in [0.15, 0.2) is 5.96 Å². The van der Waals surface area contributed by atoms with Crippen LogP contribution in [0.4, 0.5) is 0 Å².